The third-order valence-corrected chi connectivity index (χ3v) is 7.80. The van der Waals surface area contributed by atoms with Gasteiger partial charge in [0.05, 0.1) is 10.6 Å². The molecule has 37 heavy (non-hydrogen) atoms. The van der Waals surface area contributed by atoms with Crippen LogP contribution in [0.2, 0.25) is 5.02 Å². The van der Waals surface area contributed by atoms with E-state index in [0.29, 0.717) is 35.3 Å². The molecule has 1 saturated heterocycles. The highest BCUT2D eigenvalue weighted by Gasteiger charge is 2.49. The summed E-state index contributed by atoms with van der Waals surface area (Å²) in [4.78, 5) is 29.6. The average molecular weight is 538 g/mol. The van der Waals surface area contributed by atoms with Gasteiger partial charge in [0.2, 0.25) is 5.91 Å². The van der Waals surface area contributed by atoms with Crippen molar-refractivity contribution in [3.8, 4) is 0 Å². The van der Waals surface area contributed by atoms with Gasteiger partial charge in [-0.25, -0.2) is 0 Å². The van der Waals surface area contributed by atoms with Crippen molar-refractivity contribution in [3.05, 3.63) is 64.7 Å². The number of nitrogens with zero attached hydrogens (tertiary/aromatic N) is 1. The number of hydrogen-bond acceptors (Lipinski definition) is 4. The second-order valence-electron chi connectivity index (χ2n) is 9.93. The molecule has 1 aliphatic carbocycles. The molecule has 0 radical (unpaired) electrons. The number of carbonyl (C=O) groups is 2. The quantitative estimate of drug-likeness (QED) is 0.444. The Morgan fingerprint density at radius 3 is 2.38 bits per heavy atom. The van der Waals surface area contributed by atoms with Crippen molar-refractivity contribution in [2.75, 3.05) is 25.0 Å². The summed E-state index contributed by atoms with van der Waals surface area (Å²) in [6.07, 6.45) is 0.215. The molecule has 1 atom stereocenters. The van der Waals surface area contributed by atoms with Gasteiger partial charge in [0, 0.05) is 31.9 Å². The molecule has 2 fully saturated rings. The Balaban J connectivity index is 1.23. The van der Waals surface area contributed by atoms with Gasteiger partial charge >= 0.3 is 6.11 Å². The van der Waals surface area contributed by atoms with Gasteiger partial charge in [-0.05, 0) is 72.2 Å². The molecule has 1 aliphatic heterocycles. The van der Waals surface area contributed by atoms with Crippen LogP contribution in [0.5, 0.6) is 0 Å². The molecule has 1 saturated carbocycles. The first-order valence-corrected chi connectivity index (χ1v) is 12.9. The largest absolute Gasteiger partial charge is 0.401 e. The number of halogens is 4. The van der Waals surface area contributed by atoms with Gasteiger partial charge in [0.15, 0.2) is 5.92 Å². The molecule has 2 aliphatic rings. The molecule has 1 unspecified atom stereocenters. The Bertz CT molecular complexity index is 1090. The predicted octanol–water partition coefficient (Wildman–Crippen LogP) is 5.48. The Kier molecular flexibility index (Phi) is 8.64. The van der Waals surface area contributed by atoms with Crippen LogP contribution in [0.1, 0.15) is 53.9 Å². The number of carbonyl (C=O) groups excluding carboxylic acids is 2. The van der Waals surface area contributed by atoms with E-state index in [1.165, 1.54) is 24.3 Å². The molecule has 2 aromatic rings. The highest BCUT2D eigenvalue weighted by atomic mass is 35.5. The van der Waals surface area contributed by atoms with Gasteiger partial charge < -0.3 is 15.5 Å². The molecule has 2 N–H and O–H groups in total. The van der Waals surface area contributed by atoms with Gasteiger partial charge in [-0.1, -0.05) is 41.9 Å². The van der Waals surface area contributed by atoms with E-state index in [-0.39, 0.29) is 17.5 Å². The second-order valence-corrected chi connectivity index (χ2v) is 10.3. The first-order chi connectivity index (χ1) is 17.7. The van der Waals surface area contributed by atoms with Crippen molar-refractivity contribution in [1.82, 2.24) is 10.6 Å². The average Bonchev–Trinajstić information content (AvgIpc) is 2.88. The molecule has 1 heterocycles. The normalized spacial score (nSPS) is 21.2. The summed E-state index contributed by atoms with van der Waals surface area (Å²) in [5, 5.41) is 5.66. The van der Waals surface area contributed by atoms with Crippen LogP contribution in [0.25, 0.3) is 0 Å². The van der Waals surface area contributed by atoms with E-state index in [1.807, 2.05) is 12.1 Å². The monoisotopic (exact) mass is 537 g/mol. The SMILES string of the molecule is CNC(=O)c1ccc(N2CCC(CC3CC(NC(=O)C(c4ccccc4)C(F)(F)OF)C3)CC2)cc1Cl. The van der Waals surface area contributed by atoms with Crippen LogP contribution in [0.15, 0.2) is 48.5 Å². The maximum atomic E-state index is 14.1. The van der Waals surface area contributed by atoms with Crippen LogP contribution >= 0.6 is 11.6 Å². The highest BCUT2D eigenvalue weighted by Crippen LogP contribution is 2.39. The Labute approximate surface area is 219 Å². The number of hydrogen-bond donors (Lipinski definition) is 2. The minimum atomic E-state index is -4.25. The number of anilines is 1. The molecule has 0 aromatic heterocycles. The maximum Gasteiger partial charge on any atom is 0.401 e. The number of amides is 2. The Morgan fingerprint density at radius 1 is 1.11 bits per heavy atom. The smallest absolute Gasteiger partial charge is 0.371 e. The lowest BCUT2D eigenvalue weighted by Gasteiger charge is -2.41. The van der Waals surface area contributed by atoms with Crippen LogP contribution in [-0.2, 0) is 9.74 Å². The van der Waals surface area contributed by atoms with Crippen molar-refractivity contribution in [1.29, 1.82) is 0 Å². The molecule has 4 rings (SSSR count). The number of alkyl halides is 2. The minimum absolute atomic E-state index is 0.00478. The molecule has 2 aromatic carbocycles. The van der Waals surface area contributed by atoms with Crippen LogP contribution in [-0.4, -0.2) is 44.1 Å². The van der Waals surface area contributed by atoms with E-state index in [2.05, 4.69) is 20.5 Å². The van der Waals surface area contributed by atoms with Crippen molar-refractivity contribution in [2.24, 2.45) is 11.8 Å². The van der Waals surface area contributed by atoms with Crippen molar-refractivity contribution in [2.45, 2.75) is 50.2 Å². The van der Waals surface area contributed by atoms with E-state index in [0.717, 1.165) is 38.0 Å². The summed E-state index contributed by atoms with van der Waals surface area (Å²) in [5.74, 6) is -2.26. The third kappa shape index (κ3) is 6.38. The summed E-state index contributed by atoms with van der Waals surface area (Å²) in [7, 11) is 1.57. The van der Waals surface area contributed by atoms with Crippen LogP contribution in [0.3, 0.4) is 0 Å². The fraction of sp³-hybridized carbons (Fsp3) is 0.481. The van der Waals surface area contributed by atoms with Gasteiger partial charge in [-0.3, -0.25) is 9.59 Å². The first-order valence-electron chi connectivity index (χ1n) is 12.5. The van der Waals surface area contributed by atoms with Crippen LogP contribution in [0.4, 0.5) is 19.0 Å². The second kappa shape index (κ2) is 11.7. The summed E-state index contributed by atoms with van der Waals surface area (Å²) in [6.45, 7) is 1.76. The zero-order chi connectivity index (χ0) is 26.6. The van der Waals surface area contributed by atoms with Gasteiger partial charge in [0.1, 0.15) is 0 Å². The topological polar surface area (TPSA) is 70.7 Å². The number of rotatable bonds is 9. The molecule has 200 valence electrons. The number of nitrogens with one attached hydrogen (secondary N) is 2. The zero-order valence-corrected chi connectivity index (χ0v) is 21.3. The minimum Gasteiger partial charge on any atom is -0.371 e. The van der Waals surface area contributed by atoms with Gasteiger partial charge in [0.25, 0.3) is 5.91 Å². The fourth-order valence-electron chi connectivity index (χ4n) is 5.44. The summed E-state index contributed by atoms with van der Waals surface area (Å²) < 4.78 is 40.7. The molecule has 0 bridgehead atoms. The molecule has 10 heteroatoms. The molecular weight excluding hydrogens is 507 g/mol. The van der Waals surface area contributed by atoms with E-state index >= 15 is 0 Å². The van der Waals surface area contributed by atoms with E-state index in [9.17, 15) is 22.9 Å². The first kappa shape index (κ1) is 27.3. The number of piperidine rings is 1. The van der Waals surface area contributed by atoms with E-state index in [1.54, 1.807) is 19.2 Å². The van der Waals surface area contributed by atoms with Crippen molar-refractivity contribution >= 4 is 29.1 Å². The Hall–Kier alpha value is -2.78. The lowest BCUT2D eigenvalue weighted by atomic mass is 9.73. The third-order valence-electron chi connectivity index (χ3n) is 7.49. The zero-order valence-electron chi connectivity index (χ0n) is 20.6. The van der Waals surface area contributed by atoms with Gasteiger partial charge in [-0.15, -0.1) is 4.94 Å². The van der Waals surface area contributed by atoms with Crippen LogP contribution in [0, 0.1) is 11.8 Å². The van der Waals surface area contributed by atoms with Crippen LogP contribution < -0.4 is 15.5 Å². The van der Waals surface area contributed by atoms with E-state index < -0.39 is 17.9 Å². The summed E-state index contributed by atoms with van der Waals surface area (Å²) >= 11 is 6.30. The lowest BCUT2D eigenvalue weighted by molar-refractivity contribution is -0.359. The van der Waals surface area contributed by atoms with E-state index in [4.69, 9.17) is 11.6 Å². The molecule has 0 spiro atoms. The fourth-order valence-corrected chi connectivity index (χ4v) is 5.70. The molecule has 6 nitrogen and oxygen atoms in total. The summed E-state index contributed by atoms with van der Waals surface area (Å²) in [5.41, 5.74) is 1.44. The predicted molar refractivity (Wildman–Crippen MR) is 135 cm³/mol. The van der Waals surface area contributed by atoms with Gasteiger partial charge in [-0.2, -0.15) is 8.78 Å². The highest BCUT2D eigenvalue weighted by molar-refractivity contribution is 6.34. The van der Waals surface area contributed by atoms with Crippen molar-refractivity contribution < 1.29 is 27.8 Å². The Morgan fingerprint density at radius 2 is 1.78 bits per heavy atom. The number of benzene rings is 2. The standard InChI is InChI=1S/C27H31ClF3N3O3/c1-32-25(35)22-8-7-21(16-23(22)28)34-11-9-17(10-12-34)13-18-14-20(15-18)33-26(36)24(27(29,30)37-31)19-5-3-2-4-6-19/h2-8,16-18,20,24H,9-15H2,1H3,(H,32,35)(H,33,36). The maximum absolute atomic E-state index is 14.1. The molecular formula is C27H31ClF3N3O3. The lowest BCUT2D eigenvalue weighted by Crippen LogP contribution is -2.49. The van der Waals surface area contributed by atoms with Crippen molar-refractivity contribution in [3.63, 3.8) is 0 Å². The molecule has 2 amide bonds. The summed E-state index contributed by atoms with van der Waals surface area (Å²) in [6, 6.07) is 12.7.